The predicted molar refractivity (Wildman–Crippen MR) is 127 cm³/mol. The van der Waals surface area contributed by atoms with Gasteiger partial charge >= 0.3 is 0 Å². The first-order valence-electron chi connectivity index (χ1n) is 11.1. The normalized spacial score (nSPS) is 11.3. The van der Waals surface area contributed by atoms with Gasteiger partial charge in [-0.1, -0.05) is 18.2 Å². The average Bonchev–Trinajstić information content (AvgIpc) is 2.84. The van der Waals surface area contributed by atoms with Crippen LogP contribution in [0.4, 0.5) is 4.39 Å². The zero-order valence-electron chi connectivity index (χ0n) is 19.2. The van der Waals surface area contributed by atoms with E-state index in [0.717, 1.165) is 17.7 Å². The third-order valence-electron chi connectivity index (χ3n) is 5.57. The SMILES string of the molecule is CCN(CC)C(=O)c1ccc(F)c(S(=O)(=O)c2ccc(CC(=O)CCc3cccnc3)cc2)c1. The minimum Gasteiger partial charge on any atom is -0.339 e. The molecule has 3 rings (SSSR count). The molecule has 2 aromatic carbocycles. The number of carbonyl (C=O) groups is 2. The number of Topliss-reactive ketones (excluding diaryl/α,β-unsaturated/α-hetero) is 1. The predicted octanol–water partition coefficient (Wildman–Crippen LogP) is 4.28. The average molecular weight is 483 g/mol. The van der Waals surface area contributed by atoms with Crippen molar-refractivity contribution in [2.45, 2.75) is 42.9 Å². The van der Waals surface area contributed by atoms with Crippen molar-refractivity contribution in [2.24, 2.45) is 0 Å². The second-order valence-corrected chi connectivity index (χ2v) is 9.76. The van der Waals surface area contributed by atoms with Gasteiger partial charge in [-0.25, -0.2) is 12.8 Å². The summed E-state index contributed by atoms with van der Waals surface area (Å²) in [7, 11) is -4.19. The number of ketones is 1. The summed E-state index contributed by atoms with van der Waals surface area (Å²) in [5, 5.41) is 0. The topological polar surface area (TPSA) is 84.4 Å². The van der Waals surface area contributed by atoms with Gasteiger partial charge in [0.1, 0.15) is 16.5 Å². The molecule has 0 saturated heterocycles. The highest BCUT2D eigenvalue weighted by Crippen LogP contribution is 2.25. The summed E-state index contributed by atoms with van der Waals surface area (Å²) in [5.41, 5.74) is 1.75. The lowest BCUT2D eigenvalue weighted by Gasteiger charge is -2.19. The van der Waals surface area contributed by atoms with Crippen molar-refractivity contribution < 1.29 is 22.4 Å². The van der Waals surface area contributed by atoms with Gasteiger partial charge in [-0.2, -0.15) is 0 Å². The van der Waals surface area contributed by atoms with Gasteiger partial charge in [0.25, 0.3) is 5.91 Å². The van der Waals surface area contributed by atoms with Gasteiger partial charge in [-0.05, 0) is 67.8 Å². The quantitative estimate of drug-likeness (QED) is 0.431. The van der Waals surface area contributed by atoms with Crippen LogP contribution in [0, 0.1) is 5.82 Å². The molecule has 0 bridgehead atoms. The van der Waals surface area contributed by atoms with Gasteiger partial charge in [0, 0.05) is 43.9 Å². The molecule has 6 nitrogen and oxygen atoms in total. The molecule has 0 spiro atoms. The van der Waals surface area contributed by atoms with E-state index in [2.05, 4.69) is 4.98 Å². The van der Waals surface area contributed by atoms with Crippen LogP contribution in [0.15, 0.2) is 76.8 Å². The van der Waals surface area contributed by atoms with Crippen molar-refractivity contribution in [2.75, 3.05) is 13.1 Å². The molecule has 178 valence electrons. The fourth-order valence-electron chi connectivity index (χ4n) is 3.59. The largest absolute Gasteiger partial charge is 0.339 e. The number of benzene rings is 2. The number of rotatable bonds is 10. The van der Waals surface area contributed by atoms with Gasteiger partial charge < -0.3 is 4.90 Å². The van der Waals surface area contributed by atoms with Gasteiger partial charge in [-0.15, -0.1) is 0 Å². The molecule has 0 unspecified atom stereocenters. The van der Waals surface area contributed by atoms with Crippen molar-refractivity contribution >= 4 is 21.5 Å². The Morgan fingerprint density at radius 3 is 2.29 bits per heavy atom. The molecule has 0 N–H and O–H groups in total. The Morgan fingerprint density at radius 2 is 1.68 bits per heavy atom. The first-order valence-corrected chi connectivity index (χ1v) is 12.6. The number of aromatic nitrogens is 1. The van der Waals surface area contributed by atoms with Crippen LogP contribution < -0.4 is 0 Å². The van der Waals surface area contributed by atoms with E-state index >= 15 is 0 Å². The van der Waals surface area contributed by atoms with Crippen LogP contribution in [0.5, 0.6) is 0 Å². The Hall–Kier alpha value is -3.39. The molecule has 0 radical (unpaired) electrons. The summed E-state index contributed by atoms with van der Waals surface area (Å²) in [6.07, 6.45) is 4.50. The number of halogens is 1. The number of aryl methyl sites for hydroxylation is 1. The smallest absolute Gasteiger partial charge is 0.253 e. The molecule has 0 atom stereocenters. The molecule has 0 saturated carbocycles. The molecule has 3 aromatic rings. The molecule has 1 amide bonds. The summed E-state index contributed by atoms with van der Waals surface area (Å²) in [6.45, 7) is 4.54. The maximum Gasteiger partial charge on any atom is 0.253 e. The Labute approximate surface area is 199 Å². The van der Waals surface area contributed by atoms with Gasteiger partial charge in [0.2, 0.25) is 9.84 Å². The van der Waals surface area contributed by atoms with Crippen molar-refractivity contribution in [3.63, 3.8) is 0 Å². The van der Waals surface area contributed by atoms with Crippen LogP contribution in [0.1, 0.15) is 41.8 Å². The zero-order chi connectivity index (χ0) is 24.7. The number of amides is 1. The lowest BCUT2D eigenvalue weighted by molar-refractivity contribution is -0.118. The van der Waals surface area contributed by atoms with E-state index in [1.807, 2.05) is 26.0 Å². The van der Waals surface area contributed by atoms with E-state index in [4.69, 9.17) is 0 Å². The Bertz CT molecular complexity index is 1260. The van der Waals surface area contributed by atoms with Crippen molar-refractivity contribution in [1.29, 1.82) is 0 Å². The van der Waals surface area contributed by atoms with Gasteiger partial charge in [0.15, 0.2) is 0 Å². The Morgan fingerprint density at radius 1 is 0.971 bits per heavy atom. The molecule has 0 aliphatic carbocycles. The van der Waals surface area contributed by atoms with Crippen LogP contribution in [-0.4, -0.2) is 43.1 Å². The van der Waals surface area contributed by atoms with Crippen molar-refractivity contribution in [3.05, 3.63) is 89.5 Å². The number of sulfone groups is 1. The van der Waals surface area contributed by atoms with E-state index in [9.17, 15) is 22.4 Å². The lowest BCUT2D eigenvalue weighted by Crippen LogP contribution is -2.30. The number of carbonyl (C=O) groups excluding carboxylic acids is 2. The highest BCUT2D eigenvalue weighted by atomic mass is 32.2. The summed E-state index contributed by atoms with van der Waals surface area (Å²) in [4.78, 5) is 29.8. The lowest BCUT2D eigenvalue weighted by atomic mass is 10.0. The standard InChI is InChI=1S/C26H27FN2O4S/c1-3-29(4-2)26(31)21-10-14-24(27)25(17-21)34(32,33)23-12-8-19(9-13-23)16-22(30)11-7-20-6-5-15-28-18-20/h5-6,8-10,12-15,17-18H,3-4,7,11,16H2,1-2H3. The van der Waals surface area contributed by atoms with Crippen molar-refractivity contribution in [1.82, 2.24) is 9.88 Å². The van der Waals surface area contributed by atoms with Crippen LogP contribution in [0.3, 0.4) is 0 Å². The number of pyridine rings is 1. The summed E-state index contributed by atoms with van der Waals surface area (Å²) >= 11 is 0. The molecule has 0 aliphatic heterocycles. The molecule has 34 heavy (non-hydrogen) atoms. The van der Waals surface area contributed by atoms with E-state index in [-0.39, 0.29) is 28.6 Å². The Kier molecular flexibility index (Phi) is 8.28. The highest BCUT2D eigenvalue weighted by molar-refractivity contribution is 7.91. The first kappa shape index (κ1) is 25.2. The molecule has 0 aliphatic rings. The monoisotopic (exact) mass is 482 g/mol. The highest BCUT2D eigenvalue weighted by Gasteiger charge is 2.24. The molecule has 1 heterocycles. The molecule has 1 aromatic heterocycles. The van der Waals surface area contributed by atoms with Crippen LogP contribution in [0.25, 0.3) is 0 Å². The number of hydrogen-bond acceptors (Lipinski definition) is 5. The molecular weight excluding hydrogens is 455 g/mol. The summed E-state index contributed by atoms with van der Waals surface area (Å²) in [5.74, 6) is -1.26. The summed E-state index contributed by atoms with van der Waals surface area (Å²) < 4.78 is 40.7. The van der Waals surface area contributed by atoms with E-state index in [1.165, 1.54) is 23.1 Å². The second kappa shape index (κ2) is 11.2. The van der Waals surface area contributed by atoms with E-state index in [0.29, 0.717) is 31.5 Å². The second-order valence-electron chi connectivity index (χ2n) is 7.85. The molecule has 8 heteroatoms. The third kappa shape index (κ3) is 5.94. The van der Waals surface area contributed by atoms with Crippen LogP contribution in [-0.2, 0) is 27.5 Å². The van der Waals surface area contributed by atoms with E-state index < -0.39 is 20.5 Å². The molecular formula is C26H27FN2O4S. The first-order chi connectivity index (χ1) is 16.3. The fraction of sp³-hybridized carbons (Fsp3) is 0.269. The fourth-order valence-corrected chi connectivity index (χ4v) is 4.95. The van der Waals surface area contributed by atoms with Gasteiger partial charge in [0.05, 0.1) is 4.90 Å². The minimum absolute atomic E-state index is 0.0214. The van der Waals surface area contributed by atoms with Crippen LogP contribution >= 0.6 is 0 Å². The number of nitrogens with zero attached hydrogens (tertiary/aromatic N) is 2. The van der Waals surface area contributed by atoms with Crippen molar-refractivity contribution in [3.8, 4) is 0 Å². The van der Waals surface area contributed by atoms with Gasteiger partial charge in [-0.3, -0.25) is 14.6 Å². The summed E-state index contributed by atoms with van der Waals surface area (Å²) in [6, 6.07) is 12.9. The third-order valence-corrected chi connectivity index (χ3v) is 7.35. The Balaban J connectivity index is 1.75. The van der Waals surface area contributed by atoms with E-state index in [1.54, 1.807) is 24.5 Å². The minimum atomic E-state index is -4.19. The maximum atomic E-state index is 14.5. The zero-order valence-corrected chi connectivity index (χ0v) is 20.0. The maximum absolute atomic E-state index is 14.5. The van der Waals surface area contributed by atoms with Crippen LogP contribution in [0.2, 0.25) is 0 Å². The number of hydrogen-bond donors (Lipinski definition) is 0. The molecule has 0 fully saturated rings.